The molecule has 2 atom stereocenters. The lowest BCUT2D eigenvalue weighted by atomic mass is 9.90. The minimum Gasteiger partial charge on any atom is -0.481 e. The molecule has 0 bridgehead atoms. The van der Waals surface area contributed by atoms with Gasteiger partial charge in [0.2, 0.25) is 0 Å². The van der Waals surface area contributed by atoms with Gasteiger partial charge in [-0.25, -0.2) is 0 Å². The van der Waals surface area contributed by atoms with E-state index in [1.807, 2.05) is 30.3 Å². The Balaban J connectivity index is 1.84. The van der Waals surface area contributed by atoms with Gasteiger partial charge in [-0.1, -0.05) is 25.1 Å². The summed E-state index contributed by atoms with van der Waals surface area (Å²) in [5.74, 6) is -0.762. The van der Waals surface area contributed by atoms with Gasteiger partial charge in [0.1, 0.15) is 0 Å². The van der Waals surface area contributed by atoms with Gasteiger partial charge in [0.05, 0.1) is 5.92 Å². The highest BCUT2D eigenvalue weighted by molar-refractivity contribution is 5.78. The Morgan fingerprint density at radius 3 is 2.91 bits per heavy atom. The number of rotatable bonds is 3. The van der Waals surface area contributed by atoms with Gasteiger partial charge in [0.15, 0.2) is 0 Å². The van der Waals surface area contributed by atoms with Crippen molar-refractivity contribution in [3.63, 3.8) is 0 Å². The fourth-order valence-electron chi connectivity index (χ4n) is 3.32. The van der Waals surface area contributed by atoms with Crippen LogP contribution in [0.25, 0.3) is 10.9 Å². The maximum absolute atomic E-state index is 12.2. The molecule has 0 amide bonds. The molecule has 2 N–H and O–H groups in total. The Bertz CT molecular complexity index is 753. The average Bonchev–Trinajstić information content (AvgIpc) is 2.47. The number of para-hydroxylation sites is 1. The third-order valence-electron chi connectivity index (χ3n) is 4.31. The van der Waals surface area contributed by atoms with E-state index in [-0.39, 0.29) is 11.5 Å². The van der Waals surface area contributed by atoms with Gasteiger partial charge in [-0.15, -0.1) is 0 Å². The van der Waals surface area contributed by atoms with E-state index in [2.05, 4.69) is 16.8 Å². The standard InChI is InChI=1S/C17H20N2O3/c1-11-6-14(17(21)22)10-19(8-11)9-13-7-12-4-2-3-5-15(12)18-16(13)20/h2-5,7,11,14H,6,8-10H2,1H3,(H,18,20)(H,21,22). The van der Waals surface area contributed by atoms with Crippen molar-refractivity contribution in [3.05, 3.63) is 46.2 Å². The van der Waals surface area contributed by atoms with Crippen LogP contribution in [0.4, 0.5) is 0 Å². The van der Waals surface area contributed by atoms with Gasteiger partial charge in [-0.2, -0.15) is 0 Å². The lowest BCUT2D eigenvalue weighted by Crippen LogP contribution is -2.42. The zero-order chi connectivity index (χ0) is 15.7. The molecule has 2 unspecified atom stereocenters. The van der Waals surface area contributed by atoms with Gasteiger partial charge in [0.25, 0.3) is 5.56 Å². The van der Waals surface area contributed by atoms with Crippen molar-refractivity contribution < 1.29 is 9.90 Å². The summed E-state index contributed by atoms with van der Waals surface area (Å²) in [6.45, 7) is 3.89. The lowest BCUT2D eigenvalue weighted by molar-refractivity contribution is -0.144. The van der Waals surface area contributed by atoms with Gasteiger partial charge in [0, 0.05) is 30.7 Å². The molecule has 22 heavy (non-hydrogen) atoms. The van der Waals surface area contributed by atoms with Crippen LogP contribution >= 0.6 is 0 Å². The van der Waals surface area contributed by atoms with E-state index in [4.69, 9.17) is 0 Å². The second-order valence-corrected chi connectivity index (χ2v) is 6.28. The molecule has 3 rings (SSSR count). The summed E-state index contributed by atoms with van der Waals surface area (Å²) in [6.07, 6.45) is 0.708. The molecule has 1 aromatic carbocycles. The molecule has 0 saturated carbocycles. The fourth-order valence-corrected chi connectivity index (χ4v) is 3.32. The third-order valence-corrected chi connectivity index (χ3v) is 4.31. The van der Waals surface area contributed by atoms with Crippen LogP contribution in [0.15, 0.2) is 35.1 Å². The van der Waals surface area contributed by atoms with E-state index in [1.54, 1.807) is 0 Å². The van der Waals surface area contributed by atoms with E-state index in [9.17, 15) is 14.7 Å². The van der Waals surface area contributed by atoms with Gasteiger partial charge in [-0.3, -0.25) is 14.5 Å². The number of carboxylic acids is 1. The Labute approximate surface area is 128 Å². The monoisotopic (exact) mass is 300 g/mol. The highest BCUT2D eigenvalue weighted by Gasteiger charge is 2.29. The third kappa shape index (κ3) is 3.04. The van der Waals surface area contributed by atoms with E-state index in [1.165, 1.54) is 0 Å². The molecule has 0 radical (unpaired) electrons. The molecule has 1 aromatic heterocycles. The van der Waals surface area contributed by atoms with Crippen LogP contribution in [0, 0.1) is 11.8 Å². The number of aliphatic carboxylic acids is 1. The molecule has 1 fully saturated rings. The first-order chi connectivity index (χ1) is 10.5. The number of hydrogen-bond donors (Lipinski definition) is 2. The van der Waals surface area contributed by atoms with Crippen molar-refractivity contribution in [1.82, 2.24) is 9.88 Å². The van der Waals surface area contributed by atoms with Crippen molar-refractivity contribution in [1.29, 1.82) is 0 Å². The number of nitrogens with zero attached hydrogens (tertiary/aromatic N) is 1. The number of piperidine rings is 1. The van der Waals surface area contributed by atoms with Crippen molar-refractivity contribution in [2.45, 2.75) is 19.9 Å². The molecule has 2 heterocycles. The molecule has 1 aliphatic rings. The van der Waals surface area contributed by atoms with Crippen molar-refractivity contribution >= 4 is 16.9 Å². The fraction of sp³-hybridized carbons (Fsp3) is 0.412. The van der Waals surface area contributed by atoms with E-state index < -0.39 is 5.97 Å². The number of carboxylic acid groups (broad SMARTS) is 1. The van der Waals surface area contributed by atoms with Gasteiger partial charge < -0.3 is 10.1 Å². The SMILES string of the molecule is CC1CC(C(=O)O)CN(Cc2cc3ccccc3[nH]c2=O)C1. The quantitative estimate of drug-likeness (QED) is 0.910. The number of likely N-dealkylation sites (tertiary alicyclic amines) is 1. The Morgan fingerprint density at radius 2 is 2.14 bits per heavy atom. The van der Waals surface area contributed by atoms with Crippen LogP contribution in [-0.4, -0.2) is 34.0 Å². The lowest BCUT2D eigenvalue weighted by Gasteiger charge is -2.34. The van der Waals surface area contributed by atoms with Gasteiger partial charge >= 0.3 is 5.97 Å². The first-order valence-corrected chi connectivity index (χ1v) is 7.59. The summed E-state index contributed by atoms with van der Waals surface area (Å²) in [7, 11) is 0. The maximum atomic E-state index is 12.2. The first kappa shape index (κ1) is 14.8. The summed E-state index contributed by atoms with van der Waals surface area (Å²) in [5, 5.41) is 10.2. The second-order valence-electron chi connectivity index (χ2n) is 6.28. The highest BCUT2D eigenvalue weighted by atomic mass is 16.4. The molecule has 2 aromatic rings. The van der Waals surface area contributed by atoms with Crippen LogP contribution in [0.5, 0.6) is 0 Å². The zero-order valence-corrected chi connectivity index (χ0v) is 12.6. The summed E-state index contributed by atoms with van der Waals surface area (Å²) in [6, 6.07) is 9.58. The number of pyridine rings is 1. The second kappa shape index (κ2) is 5.93. The summed E-state index contributed by atoms with van der Waals surface area (Å²) in [5.41, 5.74) is 1.42. The normalized spacial score (nSPS) is 22.8. The van der Waals surface area contributed by atoms with Crippen molar-refractivity contribution in [2.75, 3.05) is 13.1 Å². The molecule has 1 aliphatic heterocycles. The number of benzene rings is 1. The van der Waals surface area contributed by atoms with Crippen LogP contribution in [0.3, 0.4) is 0 Å². The number of nitrogens with one attached hydrogen (secondary N) is 1. The highest BCUT2D eigenvalue weighted by Crippen LogP contribution is 2.23. The predicted octanol–water partition coefficient (Wildman–Crippen LogP) is 2.07. The average molecular weight is 300 g/mol. The molecule has 0 aliphatic carbocycles. The molecular weight excluding hydrogens is 280 g/mol. The van der Waals surface area contributed by atoms with Crippen molar-refractivity contribution in [3.8, 4) is 0 Å². The molecule has 116 valence electrons. The smallest absolute Gasteiger partial charge is 0.307 e. The number of aromatic amines is 1. The summed E-state index contributed by atoms with van der Waals surface area (Å²) < 4.78 is 0. The number of H-pyrrole nitrogens is 1. The van der Waals surface area contributed by atoms with Crippen LogP contribution in [-0.2, 0) is 11.3 Å². The van der Waals surface area contributed by atoms with Gasteiger partial charge in [-0.05, 0) is 29.9 Å². The van der Waals surface area contributed by atoms with E-state index in [0.29, 0.717) is 31.0 Å². The number of fused-ring (bicyclic) bond motifs is 1. The molecular formula is C17H20N2O3. The molecule has 5 heteroatoms. The van der Waals surface area contributed by atoms with E-state index >= 15 is 0 Å². The molecule has 0 spiro atoms. The maximum Gasteiger partial charge on any atom is 0.307 e. The van der Waals surface area contributed by atoms with Crippen molar-refractivity contribution in [2.24, 2.45) is 11.8 Å². The minimum atomic E-state index is -0.746. The Hall–Kier alpha value is -2.14. The molecule has 1 saturated heterocycles. The number of hydrogen-bond acceptors (Lipinski definition) is 3. The zero-order valence-electron chi connectivity index (χ0n) is 12.6. The largest absolute Gasteiger partial charge is 0.481 e. The van der Waals surface area contributed by atoms with Crippen LogP contribution < -0.4 is 5.56 Å². The topological polar surface area (TPSA) is 73.4 Å². The Morgan fingerprint density at radius 1 is 1.36 bits per heavy atom. The van der Waals surface area contributed by atoms with Crippen LogP contribution in [0.2, 0.25) is 0 Å². The Kier molecular flexibility index (Phi) is 3.98. The number of carbonyl (C=O) groups is 1. The summed E-state index contributed by atoms with van der Waals surface area (Å²) in [4.78, 5) is 28.4. The predicted molar refractivity (Wildman–Crippen MR) is 84.8 cm³/mol. The first-order valence-electron chi connectivity index (χ1n) is 7.59. The number of aromatic nitrogens is 1. The minimum absolute atomic E-state index is 0.0937. The van der Waals surface area contributed by atoms with Crippen LogP contribution in [0.1, 0.15) is 18.9 Å². The summed E-state index contributed by atoms with van der Waals surface area (Å²) >= 11 is 0. The molecule has 5 nitrogen and oxygen atoms in total. The van der Waals surface area contributed by atoms with E-state index in [0.717, 1.165) is 17.4 Å².